The maximum Gasteiger partial charge on any atom is 0.329 e. The Labute approximate surface area is 414 Å². The van der Waals surface area contributed by atoms with Gasteiger partial charge in [0.05, 0.1) is 37.1 Å². The van der Waals surface area contributed by atoms with Crippen molar-refractivity contribution < 1.29 is 63.0 Å². The molecule has 394 valence electrons. The number of ether oxygens (including phenoxy) is 5. The molecule has 0 aromatic carbocycles. The molecule has 2 saturated heterocycles. The fraction of sp³-hybridized carbons (Fsp3) is 0.764. The third kappa shape index (κ3) is 20.7. The largest absolute Gasteiger partial charge is 0.460 e. The molecular weight excluding hydrogens is 883 g/mol. The normalized spacial score (nSPS) is 27.2. The maximum absolute atomic E-state index is 14.0. The van der Waals surface area contributed by atoms with Gasteiger partial charge in [0.15, 0.2) is 0 Å². The number of ketones is 3. The number of aliphatic hydroxyl groups excluding tert-OH is 2. The van der Waals surface area contributed by atoms with Crippen molar-refractivity contribution in [2.45, 2.75) is 207 Å². The van der Waals surface area contributed by atoms with Gasteiger partial charge in [0.25, 0.3) is 11.7 Å². The van der Waals surface area contributed by atoms with Crippen LogP contribution in [0.3, 0.4) is 0 Å². The third-order valence-corrected chi connectivity index (χ3v) is 14.0. The molecule has 7 unspecified atom stereocenters. The molecule has 2 saturated carbocycles. The van der Waals surface area contributed by atoms with E-state index in [-0.39, 0.29) is 86.3 Å². The first-order chi connectivity index (χ1) is 32.7. The molecule has 3 N–H and O–H groups in total. The number of hydrogen-bond acceptors (Lipinski definition) is 13. The third-order valence-electron chi connectivity index (χ3n) is 14.0. The first kappa shape index (κ1) is 61.7. The van der Waals surface area contributed by atoms with Crippen molar-refractivity contribution in [1.82, 2.24) is 4.90 Å². The van der Waals surface area contributed by atoms with Crippen molar-refractivity contribution in [3.05, 3.63) is 47.6 Å². The van der Waals surface area contributed by atoms with Crippen molar-refractivity contribution >= 4 is 29.2 Å². The van der Waals surface area contributed by atoms with E-state index in [0.717, 1.165) is 19.3 Å². The molecule has 2 heterocycles. The zero-order valence-corrected chi connectivity index (χ0v) is 44.3. The van der Waals surface area contributed by atoms with E-state index in [9.17, 15) is 39.3 Å². The quantitative estimate of drug-likeness (QED) is 0.0362. The molecular formula is C55H91NO13. The number of esters is 1. The summed E-state index contributed by atoms with van der Waals surface area (Å²) >= 11 is 0. The minimum absolute atomic E-state index is 0.0510. The standard InChI is InChI=1S/C51H79NO12.C2H6O.C2H6/c1-32(15-10-9-11-16-33(2)38(7)63-41-22-23-41)27-35(4)45(56)31-44(55)34(3)19-21-40(53)30-46(36(5)28-39-20-24-43(54)47(29-39)61-8)64-50(59)42-18-12-13-25-52(42)49(58)48(57)51(60)37(6)17-14-26-62-51;1-3-2;1-2/h9-11,15-16,19,32,35-39,41-44,46-47,54-55,60H,12-14,17-18,20-31H2,1-8H3;1-2H3;1-2H3/b11-9+,15-10?,33-16+,34-19+;;/t32-,35?,36-,37?,38?,39+,42?,43?,44?,46+,47-,51?;;/m1../s1. The second-order valence-corrected chi connectivity index (χ2v) is 19.9. The van der Waals surface area contributed by atoms with E-state index in [1.165, 1.54) is 10.5 Å². The second-order valence-electron chi connectivity index (χ2n) is 19.9. The molecule has 4 rings (SSSR count). The highest BCUT2D eigenvalue weighted by molar-refractivity contribution is 6.39. The summed E-state index contributed by atoms with van der Waals surface area (Å²) in [6.07, 6.45) is 17.2. The Balaban J connectivity index is 0.00000314. The van der Waals surface area contributed by atoms with Crippen LogP contribution in [0.15, 0.2) is 47.6 Å². The fourth-order valence-electron chi connectivity index (χ4n) is 9.18. The minimum Gasteiger partial charge on any atom is -0.460 e. The number of hydrogen-bond donors (Lipinski definition) is 3. The number of allylic oxidation sites excluding steroid dienone is 6. The summed E-state index contributed by atoms with van der Waals surface area (Å²) in [5.41, 5.74) is 1.67. The van der Waals surface area contributed by atoms with E-state index in [1.807, 2.05) is 45.9 Å². The zero-order valence-electron chi connectivity index (χ0n) is 44.3. The summed E-state index contributed by atoms with van der Waals surface area (Å²) in [5.74, 6) is -6.24. The lowest BCUT2D eigenvalue weighted by Crippen LogP contribution is -2.59. The lowest BCUT2D eigenvalue weighted by molar-refractivity contribution is -0.241. The highest BCUT2D eigenvalue weighted by Gasteiger charge is 2.51. The minimum atomic E-state index is -2.27. The molecule has 4 fully saturated rings. The Bertz CT molecular complexity index is 1720. The summed E-state index contributed by atoms with van der Waals surface area (Å²) in [7, 11) is 4.82. The van der Waals surface area contributed by atoms with Crippen molar-refractivity contribution in [2.75, 3.05) is 34.5 Å². The van der Waals surface area contributed by atoms with E-state index in [4.69, 9.17) is 18.9 Å². The number of piperidine rings is 1. The van der Waals surface area contributed by atoms with Crippen molar-refractivity contribution in [3.63, 3.8) is 0 Å². The van der Waals surface area contributed by atoms with Gasteiger partial charge in [-0.2, -0.15) is 0 Å². The summed E-state index contributed by atoms with van der Waals surface area (Å²) in [6.45, 7) is 17.6. The van der Waals surface area contributed by atoms with Crippen molar-refractivity contribution in [2.24, 2.45) is 29.6 Å². The Kier molecular flexibility index (Phi) is 28.5. The number of rotatable bonds is 24. The van der Waals surface area contributed by atoms with E-state index < -0.39 is 53.7 Å². The number of amides is 1. The smallest absolute Gasteiger partial charge is 0.329 e. The number of Topliss-reactive ketones (excluding diaryl/α,β-unsaturated/α-hetero) is 3. The number of nitrogens with zero attached hydrogens (tertiary/aromatic N) is 1. The van der Waals surface area contributed by atoms with E-state index >= 15 is 0 Å². The highest BCUT2D eigenvalue weighted by Crippen LogP contribution is 2.35. The molecule has 1 amide bonds. The summed E-state index contributed by atoms with van der Waals surface area (Å²) in [4.78, 5) is 69.2. The fourth-order valence-corrected chi connectivity index (χ4v) is 9.18. The van der Waals surface area contributed by atoms with Crippen LogP contribution < -0.4 is 0 Å². The van der Waals surface area contributed by atoms with E-state index in [1.54, 1.807) is 41.3 Å². The van der Waals surface area contributed by atoms with Crippen LogP contribution in [0.5, 0.6) is 0 Å². The van der Waals surface area contributed by atoms with Crippen molar-refractivity contribution in [3.8, 4) is 0 Å². The van der Waals surface area contributed by atoms with Crippen LogP contribution >= 0.6 is 0 Å². The molecule has 4 aliphatic rings. The van der Waals surface area contributed by atoms with Gasteiger partial charge in [-0.25, -0.2) is 4.79 Å². The van der Waals surface area contributed by atoms with Crippen LogP contribution in [0.4, 0.5) is 0 Å². The van der Waals surface area contributed by atoms with Crippen LogP contribution in [0.2, 0.25) is 0 Å². The highest BCUT2D eigenvalue weighted by atomic mass is 16.6. The lowest BCUT2D eigenvalue weighted by atomic mass is 9.78. The van der Waals surface area contributed by atoms with Gasteiger partial charge in [0.1, 0.15) is 23.7 Å². The summed E-state index contributed by atoms with van der Waals surface area (Å²) < 4.78 is 27.3. The van der Waals surface area contributed by atoms with Gasteiger partial charge in [-0.15, -0.1) is 0 Å². The predicted molar refractivity (Wildman–Crippen MR) is 268 cm³/mol. The van der Waals surface area contributed by atoms with Gasteiger partial charge in [-0.3, -0.25) is 19.2 Å². The maximum atomic E-state index is 14.0. The molecule has 0 radical (unpaired) electrons. The monoisotopic (exact) mass is 974 g/mol. The Hall–Kier alpha value is -3.37. The number of carbonyl (C=O) groups excluding carboxylic acids is 5. The van der Waals surface area contributed by atoms with Gasteiger partial charge in [0.2, 0.25) is 5.79 Å². The number of carbonyl (C=O) groups is 5. The van der Waals surface area contributed by atoms with Gasteiger partial charge >= 0.3 is 5.97 Å². The second kappa shape index (κ2) is 31.9. The molecule has 69 heavy (non-hydrogen) atoms. The van der Waals surface area contributed by atoms with Crippen molar-refractivity contribution in [1.29, 1.82) is 0 Å². The number of likely N-dealkylation sites (tertiary alicyclic amines) is 1. The zero-order chi connectivity index (χ0) is 51.8. The SMILES string of the molecule is CC.COC.CO[C@@H]1C[C@H](C[C@@H](C)[C@H](CC(=O)C/C=C(\C)C(O)CC(=O)C(C)C[C@H](C)C=C/C=C/C=C(\C)C(C)OC2CC2)OC(=O)C2CCCCN2C(=O)C(=O)C2(O)OCCCC2C)CCC1O. The predicted octanol–water partition coefficient (Wildman–Crippen LogP) is 8.38. The molecule has 2 aliphatic heterocycles. The molecule has 14 nitrogen and oxygen atoms in total. The van der Waals surface area contributed by atoms with Crippen LogP contribution in [0.25, 0.3) is 0 Å². The Morgan fingerprint density at radius 3 is 2.19 bits per heavy atom. The van der Waals surface area contributed by atoms with Gasteiger partial charge in [-0.1, -0.05) is 78.0 Å². The molecule has 2 aliphatic carbocycles. The molecule has 12 atom stereocenters. The first-order valence-electron chi connectivity index (χ1n) is 25.8. The first-order valence-corrected chi connectivity index (χ1v) is 25.8. The average Bonchev–Trinajstić information content (AvgIpc) is 4.16. The summed E-state index contributed by atoms with van der Waals surface area (Å²) in [5, 5.41) is 32.5. The topological polar surface area (TPSA) is 195 Å². The average molecular weight is 974 g/mol. The van der Waals surface area contributed by atoms with Gasteiger partial charge in [0, 0.05) is 59.0 Å². The molecule has 14 heteroatoms. The summed E-state index contributed by atoms with van der Waals surface area (Å²) in [6, 6.07) is -1.08. The van der Waals surface area contributed by atoms with Gasteiger partial charge in [-0.05, 0) is 127 Å². The van der Waals surface area contributed by atoms with Crippen LogP contribution in [-0.4, -0.2) is 132 Å². The van der Waals surface area contributed by atoms with E-state index in [2.05, 4.69) is 37.7 Å². The molecule has 0 bridgehead atoms. The van der Waals surface area contributed by atoms with Gasteiger partial charge < -0.3 is 43.9 Å². The van der Waals surface area contributed by atoms with Crippen LogP contribution in [0, 0.1) is 29.6 Å². The molecule has 0 aromatic heterocycles. The number of methoxy groups -OCH3 is 2. The number of aliphatic hydroxyl groups is 3. The Morgan fingerprint density at radius 1 is 0.870 bits per heavy atom. The molecule has 0 spiro atoms. The van der Waals surface area contributed by atoms with E-state index in [0.29, 0.717) is 63.0 Å². The molecule has 0 aromatic rings. The lowest BCUT2D eigenvalue weighted by Gasteiger charge is -2.39. The Morgan fingerprint density at radius 2 is 1.55 bits per heavy atom. The van der Waals surface area contributed by atoms with Crippen LogP contribution in [-0.2, 0) is 47.7 Å². The van der Waals surface area contributed by atoms with Crippen LogP contribution in [0.1, 0.15) is 159 Å².